The van der Waals surface area contributed by atoms with Gasteiger partial charge >= 0.3 is 0 Å². The van der Waals surface area contributed by atoms with Gasteiger partial charge in [0, 0.05) is 24.0 Å². The van der Waals surface area contributed by atoms with Crippen LogP contribution in [-0.4, -0.2) is 36.2 Å². The maximum atomic E-state index is 12.2. The molecule has 0 aliphatic carbocycles. The predicted octanol–water partition coefficient (Wildman–Crippen LogP) is 2.15. The van der Waals surface area contributed by atoms with E-state index in [-0.39, 0.29) is 12.8 Å². The summed E-state index contributed by atoms with van der Waals surface area (Å²) in [6, 6.07) is 14.1. The van der Waals surface area contributed by atoms with Gasteiger partial charge in [0.2, 0.25) is 17.6 Å². The summed E-state index contributed by atoms with van der Waals surface area (Å²) in [5.41, 5.74) is 5.85. The average Bonchev–Trinajstić information content (AvgIpc) is 3.25. The van der Waals surface area contributed by atoms with Gasteiger partial charge in [-0.05, 0) is 18.2 Å². The number of nitrogens with one attached hydrogen (secondary N) is 2. The maximum absolute atomic E-state index is 12.2. The number of amides is 2. The molecule has 0 saturated heterocycles. The first-order valence-corrected chi connectivity index (χ1v) is 8.80. The number of carbonyl (C=O) groups excluding carboxylic acids is 2. The quantitative estimate of drug-likeness (QED) is 0.588. The first kappa shape index (κ1) is 19.9. The molecule has 0 aliphatic heterocycles. The number of methoxy groups -OCH3 is 2. The molecule has 0 fully saturated rings. The maximum Gasteiger partial charge on any atom is 0.269 e. The molecule has 0 bridgehead atoms. The van der Waals surface area contributed by atoms with Crippen LogP contribution in [0.4, 0.5) is 0 Å². The summed E-state index contributed by atoms with van der Waals surface area (Å²) in [6.07, 6.45) is 0.320. The van der Waals surface area contributed by atoms with Crippen LogP contribution in [0.1, 0.15) is 22.7 Å². The zero-order valence-electron chi connectivity index (χ0n) is 16.0. The molecule has 2 N–H and O–H groups in total. The van der Waals surface area contributed by atoms with Crippen LogP contribution < -0.4 is 20.3 Å². The highest BCUT2D eigenvalue weighted by molar-refractivity contribution is 5.96. The first-order chi connectivity index (χ1) is 14.1. The number of ether oxygens (including phenoxy) is 2. The molecule has 0 atom stereocenters. The molecule has 0 spiro atoms. The summed E-state index contributed by atoms with van der Waals surface area (Å²) in [7, 11) is 2.98. The highest BCUT2D eigenvalue weighted by Crippen LogP contribution is 2.27. The number of aryl methyl sites for hydroxylation is 1. The second-order valence-corrected chi connectivity index (χ2v) is 5.95. The van der Waals surface area contributed by atoms with Gasteiger partial charge in [-0.25, -0.2) is 0 Å². The van der Waals surface area contributed by atoms with Gasteiger partial charge in [0.1, 0.15) is 0 Å². The van der Waals surface area contributed by atoms with E-state index in [9.17, 15) is 9.59 Å². The Hall–Kier alpha value is -3.88. The Morgan fingerprint density at radius 1 is 1.00 bits per heavy atom. The zero-order chi connectivity index (χ0) is 20.6. The number of hydrogen-bond donors (Lipinski definition) is 2. The van der Waals surface area contributed by atoms with E-state index in [1.165, 1.54) is 20.3 Å². The monoisotopic (exact) mass is 396 g/mol. The van der Waals surface area contributed by atoms with E-state index in [1.807, 2.05) is 30.3 Å². The Labute approximate surface area is 167 Å². The van der Waals surface area contributed by atoms with Crippen molar-refractivity contribution in [2.75, 3.05) is 14.2 Å². The number of rotatable bonds is 7. The summed E-state index contributed by atoms with van der Waals surface area (Å²) in [4.78, 5) is 28.4. The van der Waals surface area contributed by atoms with Crippen LogP contribution in [0.25, 0.3) is 11.4 Å². The van der Waals surface area contributed by atoms with Crippen molar-refractivity contribution in [1.82, 2.24) is 21.0 Å². The molecule has 0 saturated carbocycles. The molecule has 0 unspecified atom stereocenters. The van der Waals surface area contributed by atoms with E-state index >= 15 is 0 Å². The van der Waals surface area contributed by atoms with Gasteiger partial charge in [-0.15, -0.1) is 0 Å². The molecule has 0 radical (unpaired) electrons. The Bertz CT molecular complexity index is 988. The zero-order valence-corrected chi connectivity index (χ0v) is 16.0. The fourth-order valence-corrected chi connectivity index (χ4v) is 2.52. The van der Waals surface area contributed by atoms with Crippen molar-refractivity contribution in [2.24, 2.45) is 0 Å². The standard InChI is InChI=1S/C20H20N4O5/c1-27-15-9-8-14(12-16(15)28-2)20(26)23-22-17(25)10-11-18-21-19(24-29-18)13-6-4-3-5-7-13/h3-9,12H,10-11H2,1-2H3,(H,22,25)(H,23,26). The summed E-state index contributed by atoms with van der Waals surface area (Å²) in [6.45, 7) is 0. The number of hydrogen-bond acceptors (Lipinski definition) is 7. The van der Waals surface area contributed by atoms with E-state index in [4.69, 9.17) is 14.0 Å². The van der Waals surface area contributed by atoms with E-state index in [0.29, 0.717) is 28.8 Å². The molecule has 2 amide bonds. The highest BCUT2D eigenvalue weighted by atomic mass is 16.5. The fraction of sp³-hybridized carbons (Fsp3) is 0.200. The largest absolute Gasteiger partial charge is 0.493 e. The minimum atomic E-state index is -0.483. The minimum Gasteiger partial charge on any atom is -0.493 e. The lowest BCUT2D eigenvalue weighted by Crippen LogP contribution is -2.41. The van der Waals surface area contributed by atoms with E-state index in [2.05, 4.69) is 21.0 Å². The number of hydrazine groups is 1. The average molecular weight is 396 g/mol. The third-order valence-corrected chi connectivity index (χ3v) is 4.03. The molecule has 9 heteroatoms. The number of benzene rings is 2. The van der Waals surface area contributed by atoms with Crippen LogP contribution in [0, 0.1) is 0 Å². The highest BCUT2D eigenvalue weighted by Gasteiger charge is 2.13. The predicted molar refractivity (Wildman–Crippen MR) is 103 cm³/mol. The molecule has 150 valence electrons. The van der Waals surface area contributed by atoms with Gasteiger partial charge in [0.15, 0.2) is 11.5 Å². The van der Waals surface area contributed by atoms with E-state index < -0.39 is 11.8 Å². The van der Waals surface area contributed by atoms with E-state index in [1.54, 1.807) is 12.1 Å². The molecule has 29 heavy (non-hydrogen) atoms. The van der Waals surface area contributed by atoms with Crippen molar-refractivity contribution in [2.45, 2.75) is 12.8 Å². The second kappa shape index (κ2) is 9.36. The molecule has 9 nitrogen and oxygen atoms in total. The third kappa shape index (κ3) is 5.10. The molecule has 1 aromatic heterocycles. The van der Waals surface area contributed by atoms with Gasteiger partial charge in [-0.2, -0.15) is 4.98 Å². The molecule has 1 heterocycles. The van der Waals surface area contributed by atoms with Gasteiger partial charge < -0.3 is 14.0 Å². The number of aromatic nitrogens is 2. The second-order valence-electron chi connectivity index (χ2n) is 5.95. The third-order valence-electron chi connectivity index (χ3n) is 4.03. The van der Waals surface area contributed by atoms with Crippen molar-refractivity contribution in [3.05, 3.63) is 60.0 Å². The lowest BCUT2D eigenvalue weighted by molar-refractivity contribution is -0.121. The Morgan fingerprint density at radius 2 is 1.76 bits per heavy atom. The van der Waals surface area contributed by atoms with Crippen LogP contribution >= 0.6 is 0 Å². The Balaban J connectivity index is 1.49. The van der Waals surface area contributed by atoms with Crippen molar-refractivity contribution in [1.29, 1.82) is 0 Å². The number of nitrogens with zero attached hydrogens (tertiary/aromatic N) is 2. The minimum absolute atomic E-state index is 0.0721. The van der Waals surface area contributed by atoms with Crippen molar-refractivity contribution >= 4 is 11.8 Å². The normalized spacial score (nSPS) is 10.3. The SMILES string of the molecule is COc1ccc(C(=O)NNC(=O)CCc2nc(-c3ccccc3)no2)cc1OC. The Morgan fingerprint density at radius 3 is 2.48 bits per heavy atom. The topological polar surface area (TPSA) is 116 Å². The van der Waals surface area contributed by atoms with Gasteiger partial charge in [0.05, 0.1) is 14.2 Å². The van der Waals surface area contributed by atoms with Gasteiger partial charge in [0.25, 0.3) is 5.91 Å². The molecular weight excluding hydrogens is 376 g/mol. The summed E-state index contributed by atoms with van der Waals surface area (Å²) < 4.78 is 15.4. The lowest BCUT2D eigenvalue weighted by atomic mass is 10.2. The molecule has 0 aliphatic rings. The molecular formula is C20H20N4O5. The summed E-state index contributed by atoms with van der Waals surface area (Å²) in [5, 5.41) is 3.90. The van der Waals surface area contributed by atoms with Crippen LogP contribution in [0.15, 0.2) is 53.1 Å². The van der Waals surface area contributed by atoms with E-state index in [0.717, 1.165) is 5.56 Å². The van der Waals surface area contributed by atoms with Crippen molar-refractivity contribution in [3.8, 4) is 22.9 Å². The molecule has 2 aromatic carbocycles. The molecule has 3 aromatic rings. The smallest absolute Gasteiger partial charge is 0.269 e. The van der Waals surface area contributed by atoms with Crippen LogP contribution in [-0.2, 0) is 11.2 Å². The lowest BCUT2D eigenvalue weighted by Gasteiger charge is -2.10. The first-order valence-electron chi connectivity index (χ1n) is 8.80. The Kier molecular flexibility index (Phi) is 6.41. The van der Waals surface area contributed by atoms with Gasteiger partial charge in [-0.3, -0.25) is 20.4 Å². The van der Waals surface area contributed by atoms with Crippen LogP contribution in [0.5, 0.6) is 11.5 Å². The summed E-state index contributed by atoms with van der Waals surface area (Å²) >= 11 is 0. The molecule has 3 rings (SSSR count). The van der Waals surface area contributed by atoms with Crippen LogP contribution in [0.3, 0.4) is 0 Å². The fourth-order valence-electron chi connectivity index (χ4n) is 2.52. The van der Waals surface area contributed by atoms with Crippen molar-refractivity contribution in [3.63, 3.8) is 0 Å². The van der Waals surface area contributed by atoms with Crippen LogP contribution in [0.2, 0.25) is 0 Å². The number of carbonyl (C=O) groups is 2. The van der Waals surface area contributed by atoms with Crippen molar-refractivity contribution < 1.29 is 23.6 Å². The summed E-state index contributed by atoms with van der Waals surface area (Å²) in [5.74, 6) is 0.842. The van der Waals surface area contributed by atoms with Gasteiger partial charge in [-0.1, -0.05) is 35.5 Å².